The molecule has 1 heterocycles. The molecule has 2 rings (SSSR count). The van der Waals surface area contributed by atoms with Crippen molar-refractivity contribution >= 4 is 0 Å². The maximum Gasteiger partial charge on any atom is 0.142 e. The molecule has 0 spiro atoms. The molecular formula is C15H18N2O2. The Kier molecular flexibility index (Phi) is 3.71. The largest absolute Gasteiger partial charge is 0.496 e. The molecule has 0 fully saturated rings. The van der Waals surface area contributed by atoms with Crippen LogP contribution in [0, 0.1) is 0 Å². The Morgan fingerprint density at radius 2 is 1.63 bits per heavy atom. The molecule has 0 saturated carbocycles. The predicted octanol–water partition coefficient (Wildman–Crippen LogP) is 2.32. The number of pyridine rings is 1. The zero-order valence-electron chi connectivity index (χ0n) is 11.4. The number of nitrogens with zero attached hydrogens (tertiary/aromatic N) is 1. The van der Waals surface area contributed by atoms with Crippen molar-refractivity contribution in [3.05, 3.63) is 53.9 Å². The number of rotatable bonds is 4. The summed E-state index contributed by atoms with van der Waals surface area (Å²) in [7, 11) is 3.24. The summed E-state index contributed by atoms with van der Waals surface area (Å²) in [6, 6.07) is 11.3. The van der Waals surface area contributed by atoms with Gasteiger partial charge in [-0.1, -0.05) is 18.2 Å². The summed E-state index contributed by atoms with van der Waals surface area (Å²) in [4.78, 5) is 4.37. The van der Waals surface area contributed by atoms with Gasteiger partial charge in [0, 0.05) is 11.8 Å². The minimum Gasteiger partial charge on any atom is -0.496 e. The first-order valence-corrected chi connectivity index (χ1v) is 6.03. The first kappa shape index (κ1) is 13.4. The number of para-hydroxylation sites is 1. The van der Waals surface area contributed by atoms with Gasteiger partial charge in [0.25, 0.3) is 0 Å². The highest BCUT2D eigenvalue weighted by Gasteiger charge is 2.31. The van der Waals surface area contributed by atoms with Gasteiger partial charge >= 0.3 is 0 Å². The van der Waals surface area contributed by atoms with Gasteiger partial charge in [0.15, 0.2) is 0 Å². The lowest BCUT2D eigenvalue weighted by atomic mass is 9.88. The summed E-state index contributed by atoms with van der Waals surface area (Å²) in [6.07, 6.45) is 1.71. The second-order valence-corrected chi connectivity index (χ2v) is 4.46. The standard InChI is InChI=1S/C15H18N2O2/c1-15(16,11-7-4-5-8-12(11)18-2)14-13(19-3)9-6-10-17-14/h4-10H,16H2,1-3H3. The summed E-state index contributed by atoms with van der Waals surface area (Å²) < 4.78 is 10.7. The minimum atomic E-state index is -0.792. The van der Waals surface area contributed by atoms with Crippen LogP contribution in [0.1, 0.15) is 18.2 Å². The molecule has 0 amide bonds. The molecule has 19 heavy (non-hydrogen) atoms. The van der Waals surface area contributed by atoms with E-state index in [4.69, 9.17) is 15.2 Å². The maximum absolute atomic E-state index is 6.49. The number of methoxy groups -OCH3 is 2. The van der Waals surface area contributed by atoms with Gasteiger partial charge in [-0.15, -0.1) is 0 Å². The summed E-state index contributed by atoms with van der Waals surface area (Å²) >= 11 is 0. The van der Waals surface area contributed by atoms with E-state index in [1.54, 1.807) is 20.4 Å². The number of hydrogen-bond acceptors (Lipinski definition) is 4. The van der Waals surface area contributed by atoms with Crippen LogP contribution in [0.2, 0.25) is 0 Å². The highest BCUT2D eigenvalue weighted by atomic mass is 16.5. The van der Waals surface area contributed by atoms with Crippen LogP contribution in [0.5, 0.6) is 11.5 Å². The van der Waals surface area contributed by atoms with Crippen LogP contribution in [0.25, 0.3) is 0 Å². The summed E-state index contributed by atoms with van der Waals surface area (Å²) in [5.41, 5.74) is 7.25. The van der Waals surface area contributed by atoms with E-state index >= 15 is 0 Å². The monoisotopic (exact) mass is 258 g/mol. The van der Waals surface area contributed by atoms with Gasteiger partial charge in [-0.3, -0.25) is 4.98 Å². The maximum atomic E-state index is 6.49. The van der Waals surface area contributed by atoms with Crippen molar-refractivity contribution in [1.82, 2.24) is 4.98 Å². The molecule has 100 valence electrons. The minimum absolute atomic E-state index is 0.665. The Morgan fingerprint density at radius 1 is 1.00 bits per heavy atom. The van der Waals surface area contributed by atoms with Crippen LogP contribution in [0.3, 0.4) is 0 Å². The Morgan fingerprint density at radius 3 is 2.32 bits per heavy atom. The highest BCUT2D eigenvalue weighted by Crippen LogP contribution is 2.36. The Bertz CT molecular complexity index is 518. The fourth-order valence-corrected chi connectivity index (χ4v) is 2.15. The average Bonchev–Trinajstić information content (AvgIpc) is 2.47. The highest BCUT2D eigenvalue weighted by molar-refractivity contribution is 5.47. The zero-order chi connectivity index (χ0) is 13.9. The Hall–Kier alpha value is -2.07. The van der Waals surface area contributed by atoms with E-state index in [0.717, 1.165) is 11.3 Å². The number of hydrogen-bond donors (Lipinski definition) is 1. The molecule has 2 N–H and O–H groups in total. The van der Waals surface area contributed by atoms with Gasteiger partial charge in [-0.25, -0.2) is 0 Å². The van der Waals surface area contributed by atoms with Gasteiger partial charge < -0.3 is 15.2 Å². The van der Waals surface area contributed by atoms with E-state index < -0.39 is 5.54 Å². The second kappa shape index (κ2) is 5.28. The number of benzene rings is 1. The van der Waals surface area contributed by atoms with E-state index in [-0.39, 0.29) is 0 Å². The van der Waals surface area contributed by atoms with E-state index in [9.17, 15) is 0 Å². The summed E-state index contributed by atoms with van der Waals surface area (Å²) in [5, 5.41) is 0. The van der Waals surface area contributed by atoms with Crippen LogP contribution in [-0.2, 0) is 5.54 Å². The quantitative estimate of drug-likeness (QED) is 0.914. The first-order valence-electron chi connectivity index (χ1n) is 6.03. The summed E-state index contributed by atoms with van der Waals surface area (Å²) in [5.74, 6) is 1.40. The molecule has 0 aliphatic rings. The normalized spacial score (nSPS) is 13.7. The molecule has 0 bridgehead atoms. The van der Waals surface area contributed by atoms with Gasteiger partial charge in [0.05, 0.1) is 19.8 Å². The van der Waals surface area contributed by atoms with Crippen molar-refractivity contribution in [2.45, 2.75) is 12.5 Å². The molecule has 4 heteroatoms. The van der Waals surface area contributed by atoms with Crippen LogP contribution in [0.15, 0.2) is 42.6 Å². The topological polar surface area (TPSA) is 57.4 Å². The molecule has 0 saturated heterocycles. The van der Waals surface area contributed by atoms with Crippen LogP contribution in [-0.4, -0.2) is 19.2 Å². The van der Waals surface area contributed by atoms with Crippen LogP contribution >= 0.6 is 0 Å². The van der Waals surface area contributed by atoms with Crippen molar-refractivity contribution in [2.24, 2.45) is 5.73 Å². The third kappa shape index (κ3) is 2.39. The lowest BCUT2D eigenvalue weighted by Gasteiger charge is -2.27. The third-order valence-electron chi connectivity index (χ3n) is 3.15. The van der Waals surface area contributed by atoms with Gasteiger partial charge in [0.2, 0.25) is 0 Å². The van der Waals surface area contributed by atoms with E-state index in [0.29, 0.717) is 11.4 Å². The molecule has 0 radical (unpaired) electrons. The summed E-state index contributed by atoms with van der Waals surface area (Å²) in [6.45, 7) is 1.90. The van der Waals surface area contributed by atoms with E-state index in [2.05, 4.69) is 4.98 Å². The first-order chi connectivity index (χ1) is 9.11. The van der Waals surface area contributed by atoms with Gasteiger partial charge in [-0.2, -0.15) is 0 Å². The van der Waals surface area contributed by atoms with Crippen LogP contribution in [0.4, 0.5) is 0 Å². The van der Waals surface area contributed by atoms with E-state index in [1.165, 1.54) is 0 Å². The van der Waals surface area contributed by atoms with Crippen molar-refractivity contribution in [2.75, 3.05) is 14.2 Å². The Labute approximate surface area is 113 Å². The molecule has 0 aliphatic carbocycles. The smallest absolute Gasteiger partial charge is 0.142 e. The number of aromatic nitrogens is 1. The Balaban J connectivity index is 2.58. The van der Waals surface area contributed by atoms with Gasteiger partial charge in [0.1, 0.15) is 17.2 Å². The number of nitrogens with two attached hydrogens (primary N) is 1. The van der Waals surface area contributed by atoms with Gasteiger partial charge in [-0.05, 0) is 25.1 Å². The predicted molar refractivity (Wildman–Crippen MR) is 74.4 cm³/mol. The number of ether oxygens (including phenoxy) is 2. The van der Waals surface area contributed by atoms with Crippen molar-refractivity contribution in [1.29, 1.82) is 0 Å². The lowest BCUT2D eigenvalue weighted by molar-refractivity contribution is 0.380. The molecule has 0 aliphatic heterocycles. The molecule has 1 aromatic heterocycles. The van der Waals surface area contributed by atoms with Crippen LogP contribution < -0.4 is 15.2 Å². The van der Waals surface area contributed by atoms with Crippen molar-refractivity contribution in [3.63, 3.8) is 0 Å². The molecule has 1 aromatic carbocycles. The fourth-order valence-electron chi connectivity index (χ4n) is 2.15. The van der Waals surface area contributed by atoms with E-state index in [1.807, 2.05) is 43.3 Å². The van der Waals surface area contributed by atoms with Crippen molar-refractivity contribution in [3.8, 4) is 11.5 Å². The molecule has 2 aromatic rings. The molecule has 1 atom stereocenters. The molecular weight excluding hydrogens is 240 g/mol. The van der Waals surface area contributed by atoms with Crippen molar-refractivity contribution < 1.29 is 9.47 Å². The average molecular weight is 258 g/mol. The SMILES string of the molecule is COc1ccccc1C(C)(N)c1ncccc1OC. The zero-order valence-corrected chi connectivity index (χ0v) is 11.4. The molecule has 4 nitrogen and oxygen atoms in total. The second-order valence-electron chi connectivity index (χ2n) is 4.46. The molecule has 1 unspecified atom stereocenters. The fraction of sp³-hybridized carbons (Fsp3) is 0.267. The lowest BCUT2D eigenvalue weighted by Crippen LogP contribution is -2.36. The third-order valence-corrected chi connectivity index (χ3v) is 3.15.